The first kappa shape index (κ1) is 9.81. The van der Waals surface area contributed by atoms with Crippen LogP contribution in [0.15, 0.2) is 18.2 Å². The highest BCUT2D eigenvalue weighted by Crippen LogP contribution is 2.12. The second-order valence-electron chi connectivity index (χ2n) is 4.21. The number of rotatable bonds is 1. The van der Waals surface area contributed by atoms with Crippen molar-refractivity contribution in [1.29, 1.82) is 0 Å². The van der Waals surface area contributed by atoms with Crippen LogP contribution in [-0.4, -0.2) is 8.07 Å². The summed E-state index contributed by atoms with van der Waals surface area (Å²) in [7, 11) is -1.16. The van der Waals surface area contributed by atoms with E-state index in [1.165, 1.54) is 10.8 Å². The molecular formula is C10H15ClSi. The van der Waals surface area contributed by atoms with Crippen LogP contribution in [0.2, 0.25) is 24.7 Å². The zero-order valence-electron chi connectivity index (χ0n) is 8.11. The van der Waals surface area contributed by atoms with Crippen LogP contribution in [0.3, 0.4) is 0 Å². The number of benzene rings is 1. The Morgan fingerprint density at radius 1 is 1.17 bits per heavy atom. The van der Waals surface area contributed by atoms with Crippen molar-refractivity contribution in [3.63, 3.8) is 0 Å². The van der Waals surface area contributed by atoms with Gasteiger partial charge in [-0.15, -0.1) is 0 Å². The van der Waals surface area contributed by atoms with Crippen LogP contribution >= 0.6 is 11.6 Å². The number of hydrogen-bond acceptors (Lipinski definition) is 0. The molecule has 66 valence electrons. The molecule has 0 aliphatic heterocycles. The quantitative estimate of drug-likeness (QED) is 0.609. The molecule has 0 aliphatic carbocycles. The predicted molar refractivity (Wildman–Crippen MR) is 59.2 cm³/mol. The molecule has 2 heteroatoms. The van der Waals surface area contributed by atoms with Crippen molar-refractivity contribution in [2.75, 3.05) is 0 Å². The smallest absolute Gasteiger partial charge is 0.0779 e. The van der Waals surface area contributed by atoms with Crippen LogP contribution in [0.4, 0.5) is 0 Å². The molecule has 12 heavy (non-hydrogen) atoms. The van der Waals surface area contributed by atoms with Gasteiger partial charge in [-0.1, -0.05) is 48.1 Å². The van der Waals surface area contributed by atoms with Gasteiger partial charge in [0.05, 0.1) is 8.07 Å². The lowest BCUT2D eigenvalue weighted by Crippen LogP contribution is -2.39. The lowest BCUT2D eigenvalue weighted by Gasteiger charge is -2.19. The summed E-state index contributed by atoms with van der Waals surface area (Å²) in [4.78, 5) is 0. The fourth-order valence-electron chi connectivity index (χ4n) is 1.47. The monoisotopic (exact) mass is 198 g/mol. The maximum absolute atomic E-state index is 5.88. The third kappa shape index (κ3) is 2.11. The molecule has 0 nitrogen and oxygen atoms in total. The van der Waals surface area contributed by atoms with Crippen molar-refractivity contribution < 1.29 is 0 Å². The molecule has 0 heterocycles. The lowest BCUT2D eigenvalue weighted by molar-refractivity contribution is 1.49. The lowest BCUT2D eigenvalue weighted by atomic mass is 10.2. The summed E-state index contributed by atoms with van der Waals surface area (Å²) in [6.07, 6.45) is 0. The van der Waals surface area contributed by atoms with Gasteiger partial charge in [-0.05, 0) is 19.1 Å². The molecule has 0 atom stereocenters. The molecule has 1 aromatic carbocycles. The molecule has 0 fully saturated rings. The third-order valence-electron chi connectivity index (χ3n) is 2.00. The first-order valence-electron chi connectivity index (χ1n) is 4.18. The van der Waals surface area contributed by atoms with Gasteiger partial charge in [-0.2, -0.15) is 0 Å². The molecule has 0 N–H and O–H groups in total. The molecule has 0 amide bonds. The van der Waals surface area contributed by atoms with Crippen molar-refractivity contribution >= 4 is 24.9 Å². The number of aryl methyl sites for hydroxylation is 1. The molecule has 0 bridgehead atoms. The summed E-state index contributed by atoms with van der Waals surface area (Å²) >= 11 is 5.88. The molecule has 0 aromatic heterocycles. The SMILES string of the molecule is Cc1cc(Cl)ccc1[Si](C)(C)C. The zero-order valence-corrected chi connectivity index (χ0v) is 9.87. The fourth-order valence-corrected chi connectivity index (χ4v) is 3.53. The fraction of sp³-hybridized carbons (Fsp3) is 0.400. The summed E-state index contributed by atoms with van der Waals surface area (Å²) in [6, 6.07) is 6.21. The van der Waals surface area contributed by atoms with Crippen LogP contribution in [0.1, 0.15) is 5.56 Å². The highest BCUT2D eigenvalue weighted by Gasteiger charge is 2.17. The maximum atomic E-state index is 5.88. The minimum absolute atomic E-state index is 0.842. The standard InChI is InChI=1S/C10H15ClSi/c1-8-7-9(11)5-6-10(8)12(2,3)4/h5-7H,1-4H3. The van der Waals surface area contributed by atoms with Gasteiger partial charge < -0.3 is 0 Å². The Kier molecular flexibility index (Phi) is 2.64. The van der Waals surface area contributed by atoms with Gasteiger partial charge in [0.15, 0.2) is 0 Å². The summed E-state index contributed by atoms with van der Waals surface area (Å²) in [5, 5.41) is 2.35. The Labute approximate surface area is 80.6 Å². The molecule has 1 aromatic rings. The van der Waals surface area contributed by atoms with E-state index in [1.807, 2.05) is 6.07 Å². The van der Waals surface area contributed by atoms with E-state index in [0.29, 0.717) is 0 Å². The van der Waals surface area contributed by atoms with Gasteiger partial charge in [-0.3, -0.25) is 0 Å². The molecule has 0 spiro atoms. The first-order valence-corrected chi connectivity index (χ1v) is 8.05. The van der Waals surface area contributed by atoms with E-state index in [2.05, 4.69) is 38.7 Å². The molecular weight excluding hydrogens is 184 g/mol. The highest BCUT2D eigenvalue weighted by atomic mass is 35.5. The van der Waals surface area contributed by atoms with Gasteiger partial charge >= 0.3 is 0 Å². The second kappa shape index (κ2) is 3.23. The summed E-state index contributed by atoms with van der Waals surface area (Å²) in [5.74, 6) is 0. The van der Waals surface area contributed by atoms with Gasteiger partial charge in [0.2, 0.25) is 0 Å². The van der Waals surface area contributed by atoms with Crippen molar-refractivity contribution in [2.45, 2.75) is 26.6 Å². The van der Waals surface area contributed by atoms with Crippen molar-refractivity contribution in [3.05, 3.63) is 28.8 Å². The molecule has 0 saturated carbocycles. The Morgan fingerprint density at radius 2 is 1.75 bits per heavy atom. The molecule has 0 radical (unpaired) electrons. The average Bonchev–Trinajstić information content (AvgIpc) is 1.83. The van der Waals surface area contributed by atoms with Crippen molar-refractivity contribution in [2.24, 2.45) is 0 Å². The number of halogens is 1. The van der Waals surface area contributed by atoms with Gasteiger partial charge in [0, 0.05) is 5.02 Å². The topological polar surface area (TPSA) is 0 Å². The minimum atomic E-state index is -1.16. The first-order chi connectivity index (χ1) is 5.41. The number of hydrogen-bond donors (Lipinski definition) is 0. The Hall–Kier alpha value is -0.273. The predicted octanol–water partition coefficient (Wildman–Crippen LogP) is 3.19. The third-order valence-corrected chi connectivity index (χ3v) is 4.41. The summed E-state index contributed by atoms with van der Waals surface area (Å²) < 4.78 is 0. The Bertz CT molecular complexity index is 286. The largest absolute Gasteiger partial charge is 0.0843 e. The van der Waals surface area contributed by atoms with E-state index in [0.717, 1.165) is 5.02 Å². The van der Waals surface area contributed by atoms with E-state index < -0.39 is 8.07 Å². The molecule has 0 aliphatic rings. The van der Waals surface area contributed by atoms with E-state index in [1.54, 1.807) is 0 Å². The highest BCUT2D eigenvalue weighted by molar-refractivity contribution is 6.89. The van der Waals surface area contributed by atoms with Gasteiger partial charge in [0.25, 0.3) is 0 Å². The van der Waals surface area contributed by atoms with Gasteiger partial charge in [0.1, 0.15) is 0 Å². The van der Waals surface area contributed by atoms with Gasteiger partial charge in [-0.25, -0.2) is 0 Å². The van der Waals surface area contributed by atoms with Crippen LogP contribution < -0.4 is 5.19 Å². The van der Waals surface area contributed by atoms with E-state index in [-0.39, 0.29) is 0 Å². The van der Waals surface area contributed by atoms with E-state index in [9.17, 15) is 0 Å². The molecule has 1 rings (SSSR count). The van der Waals surface area contributed by atoms with Crippen molar-refractivity contribution in [3.8, 4) is 0 Å². The van der Waals surface area contributed by atoms with Crippen LogP contribution in [0, 0.1) is 6.92 Å². The van der Waals surface area contributed by atoms with E-state index in [4.69, 9.17) is 11.6 Å². The summed E-state index contributed by atoms with van der Waals surface area (Å²) in [6.45, 7) is 9.19. The minimum Gasteiger partial charge on any atom is -0.0843 e. The Balaban J connectivity index is 3.19. The average molecular weight is 199 g/mol. The van der Waals surface area contributed by atoms with Crippen LogP contribution in [0.5, 0.6) is 0 Å². The van der Waals surface area contributed by atoms with E-state index >= 15 is 0 Å². The molecule has 0 unspecified atom stereocenters. The molecule has 0 saturated heterocycles. The van der Waals surface area contributed by atoms with Crippen LogP contribution in [-0.2, 0) is 0 Å². The Morgan fingerprint density at radius 3 is 2.17 bits per heavy atom. The second-order valence-corrected chi connectivity index (χ2v) is 9.68. The zero-order chi connectivity index (χ0) is 9.35. The van der Waals surface area contributed by atoms with Crippen LogP contribution in [0.25, 0.3) is 0 Å². The maximum Gasteiger partial charge on any atom is 0.0779 e. The summed E-state index contributed by atoms with van der Waals surface area (Å²) in [5.41, 5.74) is 1.33. The van der Waals surface area contributed by atoms with Crippen molar-refractivity contribution in [1.82, 2.24) is 0 Å². The normalized spacial score (nSPS) is 11.8.